The van der Waals surface area contributed by atoms with Crippen LogP contribution in [0.2, 0.25) is 0 Å². The number of anilines is 2. The van der Waals surface area contributed by atoms with Gasteiger partial charge in [-0.05, 0) is 37.8 Å². The van der Waals surface area contributed by atoms with Crippen molar-refractivity contribution in [2.24, 2.45) is 0 Å². The molecule has 2 N–H and O–H groups in total. The van der Waals surface area contributed by atoms with Gasteiger partial charge in [-0.3, -0.25) is 0 Å². The Morgan fingerprint density at radius 1 is 1.41 bits per heavy atom. The Bertz CT molecular complexity index is 378. The molecule has 3 heteroatoms. The molecule has 1 atom stereocenters. The number of nitrogen functional groups attached to an aromatic ring is 1. The summed E-state index contributed by atoms with van der Waals surface area (Å²) in [5, 5.41) is 0. The van der Waals surface area contributed by atoms with Gasteiger partial charge in [-0.1, -0.05) is 6.92 Å². The quantitative estimate of drug-likeness (QED) is 0.817. The zero-order valence-corrected chi connectivity index (χ0v) is 10.8. The van der Waals surface area contributed by atoms with Crippen molar-refractivity contribution in [2.75, 3.05) is 24.3 Å². The molecular weight excluding hydrogens is 212 g/mol. The Balaban J connectivity index is 2.25. The predicted octanol–water partition coefficient (Wildman–Crippen LogP) is 3.05. The van der Waals surface area contributed by atoms with E-state index in [1.807, 2.05) is 6.07 Å². The van der Waals surface area contributed by atoms with Crippen molar-refractivity contribution in [1.29, 1.82) is 0 Å². The molecular formula is C14H22N2O. The lowest BCUT2D eigenvalue weighted by Crippen LogP contribution is -2.39. The van der Waals surface area contributed by atoms with E-state index in [1.165, 1.54) is 31.4 Å². The highest BCUT2D eigenvalue weighted by Gasteiger charge is 2.21. The maximum absolute atomic E-state index is 5.85. The fraction of sp³-hybridized carbons (Fsp3) is 0.571. The summed E-state index contributed by atoms with van der Waals surface area (Å²) in [5.41, 5.74) is 7.80. The van der Waals surface area contributed by atoms with Crippen molar-refractivity contribution in [3.63, 3.8) is 0 Å². The molecule has 1 aromatic rings. The number of nitrogens with zero attached hydrogens (tertiary/aromatic N) is 1. The monoisotopic (exact) mass is 234 g/mol. The average Bonchev–Trinajstić information content (AvgIpc) is 2.39. The van der Waals surface area contributed by atoms with Crippen molar-refractivity contribution >= 4 is 11.4 Å². The van der Waals surface area contributed by atoms with Crippen LogP contribution in [0.15, 0.2) is 18.2 Å². The normalized spacial score (nSPS) is 20.4. The lowest BCUT2D eigenvalue weighted by Gasteiger charge is -2.37. The lowest BCUT2D eigenvalue weighted by atomic mass is 9.99. The summed E-state index contributed by atoms with van der Waals surface area (Å²) < 4.78 is 5.29. The second-order valence-electron chi connectivity index (χ2n) is 4.68. The van der Waals surface area contributed by atoms with Gasteiger partial charge in [0.25, 0.3) is 0 Å². The summed E-state index contributed by atoms with van der Waals surface area (Å²) in [6.07, 6.45) is 5.13. The van der Waals surface area contributed by atoms with Gasteiger partial charge in [0.15, 0.2) is 0 Å². The van der Waals surface area contributed by atoms with Crippen LogP contribution in [-0.2, 0) is 0 Å². The molecule has 17 heavy (non-hydrogen) atoms. The molecule has 1 unspecified atom stereocenters. The van der Waals surface area contributed by atoms with Gasteiger partial charge in [0.05, 0.1) is 12.8 Å². The van der Waals surface area contributed by atoms with Gasteiger partial charge < -0.3 is 15.4 Å². The topological polar surface area (TPSA) is 38.5 Å². The fourth-order valence-corrected chi connectivity index (χ4v) is 2.64. The summed E-state index contributed by atoms with van der Waals surface area (Å²) in [6, 6.07) is 6.77. The molecule has 3 nitrogen and oxygen atoms in total. The highest BCUT2D eigenvalue weighted by molar-refractivity contribution is 5.62. The maximum atomic E-state index is 5.85. The molecule has 0 aliphatic carbocycles. The van der Waals surface area contributed by atoms with Crippen LogP contribution in [0.1, 0.15) is 32.6 Å². The standard InChI is InChI=1S/C14H22N2O/c1-3-11-6-4-5-9-16(11)12-7-8-13(15)14(10-12)17-2/h7-8,10-11H,3-6,9,15H2,1-2H3. The third-order valence-electron chi connectivity index (χ3n) is 3.65. The molecule has 1 saturated heterocycles. The van der Waals surface area contributed by atoms with Crippen molar-refractivity contribution < 1.29 is 4.74 Å². The average molecular weight is 234 g/mol. The second-order valence-corrected chi connectivity index (χ2v) is 4.68. The van der Waals surface area contributed by atoms with Crippen LogP contribution in [0.5, 0.6) is 5.75 Å². The van der Waals surface area contributed by atoms with E-state index < -0.39 is 0 Å². The van der Waals surface area contributed by atoms with Gasteiger partial charge in [-0.15, -0.1) is 0 Å². The third-order valence-corrected chi connectivity index (χ3v) is 3.65. The Labute approximate surface area is 104 Å². The van der Waals surface area contributed by atoms with E-state index >= 15 is 0 Å². The highest BCUT2D eigenvalue weighted by atomic mass is 16.5. The van der Waals surface area contributed by atoms with E-state index in [0.717, 1.165) is 12.3 Å². The van der Waals surface area contributed by atoms with Gasteiger partial charge >= 0.3 is 0 Å². The number of methoxy groups -OCH3 is 1. The Morgan fingerprint density at radius 3 is 2.94 bits per heavy atom. The van der Waals surface area contributed by atoms with E-state index in [-0.39, 0.29) is 0 Å². The first kappa shape index (κ1) is 12.1. The van der Waals surface area contributed by atoms with Crippen LogP contribution in [0.25, 0.3) is 0 Å². The van der Waals surface area contributed by atoms with E-state index in [4.69, 9.17) is 10.5 Å². The summed E-state index contributed by atoms with van der Waals surface area (Å²) >= 11 is 0. The summed E-state index contributed by atoms with van der Waals surface area (Å²) in [5.74, 6) is 0.780. The van der Waals surface area contributed by atoms with Crippen LogP contribution < -0.4 is 15.4 Å². The number of benzene rings is 1. The number of piperidine rings is 1. The molecule has 0 radical (unpaired) electrons. The number of hydrogen-bond donors (Lipinski definition) is 1. The third kappa shape index (κ3) is 2.48. The minimum Gasteiger partial charge on any atom is -0.495 e. The highest BCUT2D eigenvalue weighted by Crippen LogP contribution is 2.31. The van der Waals surface area contributed by atoms with Gasteiger partial charge in [0.2, 0.25) is 0 Å². The van der Waals surface area contributed by atoms with Crippen molar-refractivity contribution in [2.45, 2.75) is 38.6 Å². The van der Waals surface area contributed by atoms with E-state index in [1.54, 1.807) is 7.11 Å². The second kappa shape index (κ2) is 5.30. The molecule has 0 spiro atoms. The van der Waals surface area contributed by atoms with Crippen molar-refractivity contribution in [1.82, 2.24) is 0 Å². The van der Waals surface area contributed by atoms with E-state index in [9.17, 15) is 0 Å². The number of ether oxygens (including phenoxy) is 1. The van der Waals surface area contributed by atoms with Gasteiger partial charge in [0.1, 0.15) is 5.75 Å². The molecule has 1 fully saturated rings. The molecule has 0 amide bonds. The minimum atomic E-state index is 0.664. The molecule has 1 heterocycles. The molecule has 94 valence electrons. The van der Waals surface area contributed by atoms with Gasteiger partial charge in [0, 0.05) is 24.3 Å². The van der Waals surface area contributed by atoms with Crippen LogP contribution in [-0.4, -0.2) is 19.7 Å². The first-order valence-corrected chi connectivity index (χ1v) is 6.46. The van der Waals surface area contributed by atoms with Crippen LogP contribution >= 0.6 is 0 Å². The SMILES string of the molecule is CCC1CCCCN1c1ccc(N)c(OC)c1. The first-order chi connectivity index (χ1) is 8.26. The minimum absolute atomic E-state index is 0.664. The van der Waals surface area contributed by atoms with Gasteiger partial charge in [-0.2, -0.15) is 0 Å². The number of hydrogen-bond acceptors (Lipinski definition) is 3. The van der Waals surface area contributed by atoms with Crippen LogP contribution in [0, 0.1) is 0 Å². The van der Waals surface area contributed by atoms with Crippen molar-refractivity contribution in [3.8, 4) is 5.75 Å². The first-order valence-electron chi connectivity index (χ1n) is 6.46. The summed E-state index contributed by atoms with van der Waals surface area (Å²) in [6.45, 7) is 3.41. The smallest absolute Gasteiger partial charge is 0.143 e. The van der Waals surface area contributed by atoms with Gasteiger partial charge in [-0.25, -0.2) is 0 Å². The number of nitrogens with two attached hydrogens (primary N) is 1. The molecule has 0 saturated carbocycles. The molecule has 0 aromatic heterocycles. The molecule has 1 aliphatic heterocycles. The molecule has 1 aliphatic rings. The maximum Gasteiger partial charge on any atom is 0.143 e. The summed E-state index contributed by atoms with van der Waals surface area (Å²) in [7, 11) is 1.67. The molecule has 0 bridgehead atoms. The van der Waals surface area contributed by atoms with E-state index in [0.29, 0.717) is 11.7 Å². The largest absolute Gasteiger partial charge is 0.495 e. The predicted molar refractivity (Wildman–Crippen MR) is 72.7 cm³/mol. The Morgan fingerprint density at radius 2 is 2.24 bits per heavy atom. The number of rotatable bonds is 3. The molecule has 2 rings (SSSR count). The van der Waals surface area contributed by atoms with E-state index in [2.05, 4.69) is 24.0 Å². The molecule has 1 aromatic carbocycles. The lowest BCUT2D eigenvalue weighted by molar-refractivity contribution is 0.415. The Hall–Kier alpha value is -1.38. The Kier molecular flexibility index (Phi) is 3.77. The van der Waals surface area contributed by atoms with Crippen molar-refractivity contribution in [3.05, 3.63) is 18.2 Å². The summed E-state index contributed by atoms with van der Waals surface area (Å²) in [4.78, 5) is 2.49. The zero-order chi connectivity index (χ0) is 12.3. The zero-order valence-electron chi connectivity index (χ0n) is 10.8. The van der Waals surface area contributed by atoms with Crippen LogP contribution in [0.3, 0.4) is 0 Å². The fourth-order valence-electron chi connectivity index (χ4n) is 2.64. The van der Waals surface area contributed by atoms with Crippen LogP contribution in [0.4, 0.5) is 11.4 Å².